The van der Waals surface area contributed by atoms with Crippen molar-refractivity contribution in [1.82, 2.24) is 4.72 Å². The lowest BCUT2D eigenvalue weighted by Gasteiger charge is -2.23. The van der Waals surface area contributed by atoms with Crippen molar-refractivity contribution < 1.29 is 17.5 Å². The number of methoxy groups -OCH3 is 1. The SMILES string of the molecule is COC(C)(C)CNS(=O)(=O)c1ccc(Br)c(F)c1. The van der Waals surface area contributed by atoms with Gasteiger partial charge in [0.25, 0.3) is 0 Å². The van der Waals surface area contributed by atoms with Crippen molar-refractivity contribution in [2.45, 2.75) is 24.3 Å². The Morgan fingerprint density at radius 1 is 1.44 bits per heavy atom. The van der Waals surface area contributed by atoms with Crippen molar-refractivity contribution in [3.05, 3.63) is 28.5 Å². The Balaban J connectivity index is 2.90. The number of nitrogens with one attached hydrogen (secondary N) is 1. The van der Waals surface area contributed by atoms with Crippen LogP contribution in [0.15, 0.2) is 27.6 Å². The van der Waals surface area contributed by atoms with E-state index < -0.39 is 21.4 Å². The van der Waals surface area contributed by atoms with Crippen LogP contribution in [0, 0.1) is 5.82 Å². The zero-order valence-corrected chi connectivity index (χ0v) is 12.7. The van der Waals surface area contributed by atoms with Gasteiger partial charge in [-0.25, -0.2) is 17.5 Å². The first-order chi connectivity index (χ1) is 8.18. The van der Waals surface area contributed by atoms with Gasteiger partial charge in [-0.15, -0.1) is 0 Å². The molecule has 0 aliphatic rings. The molecule has 102 valence electrons. The zero-order chi connectivity index (χ0) is 14.0. The summed E-state index contributed by atoms with van der Waals surface area (Å²) in [6.07, 6.45) is 0. The second-order valence-electron chi connectivity index (χ2n) is 4.36. The lowest BCUT2D eigenvalue weighted by atomic mass is 10.1. The molecule has 0 atom stereocenters. The number of sulfonamides is 1. The molecule has 7 heteroatoms. The topological polar surface area (TPSA) is 55.4 Å². The molecule has 0 amide bonds. The molecule has 0 fully saturated rings. The smallest absolute Gasteiger partial charge is 0.240 e. The summed E-state index contributed by atoms with van der Waals surface area (Å²) in [5.41, 5.74) is -0.624. The van der Waals surface area contributed by atoms with Gasteiger partial charge in [0.2, 0.25) is 10.0 Å². The summed E-state index contributed by atoms with van der Waals surface area (Å²) in [4.78, 5) is -0.116. The number of hydrogen-bond acceptors (Lipinski definition) is 3. The Morgan fingerprint density at radius 3 is 2.56 bits per heavy atom. The van der Waals surface area contributed by atoms with Crippen LogP contribution in [0.5, 0.6) is 0 Å². The van der Waals surface area contributed by atoms with Crippen molar-refractivity contribution in [3.63, 3.8) is 0 Å². The maximum absolute atomic E-state index is 13.3. The van der Waals surface area contributed by atoms with Crippen LogP contribution in [0.25, 0.3) is 0 Å². The standard InChI is InChI=1S/C11H15BrFNO3S/c1-11(2,17-3)7-14-18(15,16)8-4-5-9(12)10(13)6-8/h4-6,14H,7H2,1-3H3. The van der Waals surface area contributed by atoms with Crippen LogP contribution in [0.1, 0.15) is 13.8 Å². The van der Waals surface area contributed by atoms with Crippen molar-refractivity contribution in [2.24, 2.45) is 0 Å². The monoisotopic (exact) mass is 339 g/mol. The van der Waals surface area contributed by atoms with Gasteiger partial charge in [0, 0.05) is 13.7 Å². The summed E-state index contributed by atoms with van der Waals surface area (Å²) >= 11 is 2.97. The second kappa shape index (κ2) is 5.64. The summed E-state index contributed by atoms with van der Waals surface area (Å²) in [5.74, 6) is -0.621. The molecule has 0 aliphatic heterocycles. The van der Waals surface area contributed by atoms with Gasteiger partial charge in [0.15, 0.2) is 0 Å². The molecule has 1 aromatic rings. The van der Waals surface area contributed by atoms with Crippen LogP contribution in [-0.4, -0.2) is 27.7 Å². The van der Waals surface area contributed by atoms with Crippen LogP contribution < -0.4 is 4.72 Å². The number of rotatable bonds is 5. The molecule has 0 bridgehead atoms. The third-order valence-electron chi connectivity index (χ3n) is 2.44. The molecule has 1 aromatic carbocycles. The lowest BCUT2D eigenvalue weighted by Crippen LogP contribution is -2.39. The molecule has 1 rings (SSSR count). The van der Waals surface area contributed by atoms with Crippen molar-refractivity contribution in [2.75, 3.05) is 13.7 Å². The fourth-order valence-corrected chi connectivity index (χ4v) is 2.53. The minimum absolute atomic E-state index is 0.101. The van der Waals surface area contributed by atoms with Gasteiger partial charge in [-0.3, -0.25) is 0 Å². The second-order valence-corrected chi connectivity index (χ2v) is 6.99. The molecule has 1 N–H and O–H groups in total. The Hall–Kier alpha value is -0.500. The van der Waals surface area contributed by atoms with E-state index in [1.807, 2.05) is 0 Å². The predicted octanol–water partition coefficient (Wildman–Crippen LogP) is 2.29. The third kappa shape index (κ3) is 4.01. The molecule has 18 heavy (non-hydrogen) atoms. The highest BCUT2D eigenvalue weighted by molar-refractivity contribution is 9.10. The van der Waals surface area contributed by atoms with E-state index in [-0.39, 0.29) is 15.9 Å². The van der Waals surface area contributed by atoms with E-state index in [4.69, 9.17) is 4.74 Å². The number of hydrogen-bond donors (Lipinski definition) is 1. The minimum atomic E-state index is -3.73. The maximum atomic E-state index is 13.3. The number of benzene rings is 1. The number of halogens is 2. The molecule has 0 heterocycles. The van der Waals surface area contributed by atoms with Crippen molar-refractivity contribution >= 4 is 26.0 Å². The van der Waals surface area contributed by atoms with Crippen LogP contribution in [-0.2, 0) is 14.8 Å². The highest BCUT2D eigenvalue weighted by Crippen LogP contribution is 2.19. The Labute approximate surface area is 115 Å². The molecular weight excluding hydrogens is 325 g/mol. The largest absolute Gasteiger partial charge is 0.377 e. The fourth-order valence-electron chi connectivity index (χ4n) is 1.07. The van der Waals surface area contributed by atoms with Gasteiger partial charge in [0.05, 0.1) is 15.0 Å². The van der Waals surface area contributed by atoms with E-state index in [1.165, 1.54) is 19.2 Å². The minimum Gasteiger partial charge on any atom is -0.377 e. The quantitative estimate of drug-likeness (QED) is 0.895. The first kappa shape index (κ1) is 15.6. The van der Waals surface area contributed by atoms with E-state index in [2.05, 4.69) is 20.7 Å². The van der Waals surface area contributed by atoms with Crippen LogP contribution in [0.3, 0.4) is 0 Å². The number of ether oxygens (including phenoxy) is 1. The van der Waals surface area contributed by atoms with Crippen LogP contribution in [0.2, 0.25) is 0 Å². The Bertz CT molecular complexity index is 531. The molecule has 0 radical (unpaired) electrons. The summed E-state index contributed by atoms with van der Waals surface area (Å²) in [5, 5.41) is 0. The van der Waals surface area contributed by atoms with E-state index >= 15 is 0 Å². The first-order valence-corrected chi connectivity index (χ1v) is 7.45. The molecule has 0 aliphatic carbocycles. The van der Waals surface area contributed by atoms with Gasteiger partial charge < -0.3 is 4.74 Å². The van der Waals surface area contributed by atoms with Gasteiger partial charge in [-0.05, 0) is 48.0 Å². The summed E-state index contributed by atoms with van der Waals surface area (Å²) in [7, 11) is -2.24. The molecule has 0 saturated carbocycles. The summed E-state index contributed by atoms with van der Waals surface area (Å²) in [6, 6.07) is 3.65. The maximum Gasteiger partial charge on any atom is 0.240 e. The van der Waals surface area contributed by atoms with Gasteiger partial charge in [-0.1, -0.05) is 0 Å². The van der Waals surface area contributed by atoms with E-state index in [0.717, 1.165) is 6.07 Å². The highest BCUT2D eigenvalue weighted by Gasteiger charge is 2.22. The first-order valence-electron chi connectivity index (χ1n) is 5.18. The van der Waals surface area contributed by atoms with Crippen LogP contribution >= 0.6 is 15.9 Å². The van der Waals surface area contributed by atoms with E-state index in [0.29, 0.717) is 0 Å². The molecule has 0 saturated heterocycles. The Morgan fingerprint density at radius 2 is 2.06 bits per heavy atom. The summed E-state index contributed by atoms with van der Waals surface area (Å²) in [6.45, 7) is 3.60. The fraction of sp³-hybridized carbons (Fsp3) is 0.455. The Kier molecular flexibility index (Phi) is 4.88. The molecule has 4 nitrogen and oxygen atoms in total. The van der Waals surface area contributed by atoms with E-state index in [1.54, 1.807) is 13.8 Å². The molecule has 0 unspecified atom stereocenters. The average Bonchev–Trinajstić information content (AvgIpc) is 2.30. The predicted molar refractivity (Wildman–Crippen MR) is 70.4 cm³/mol. The van der Waals surface area contributed by atoms with Crippen LogP contribution in [0.4, 0.5) is 4.39 Å². The lowest BCUT2D eigenvalue weighted by molar-refractivity contribution is 0.0276. The molecular formula is C11H15BrFNO3S. The zero-order valence-electron chi connectivity index (χ0n) is 10.3. The third-order valence-corrected chi connectivity index (χ3v) is 4.48. The average molecular weight is 340 g/mol. The van der Waals surface area contributed by atoms with Crippen molar-refractivity contribution in [3.8, 4) is 0 Å². The molecule has 0 aromatic heterocycles. The summed E-state index contributed by atoms with van der Waals surface area (Å²) < 4.78 is 44.8. The normalized spacial score (nSPS) is 12.7. The van der Waals surface area contributed by atoms with Gasteiger partial charge >= 0.3 is 0 Å². The van der Waals surface area contributed by atoms with Gasteiger partial charge in [-0.2, -0.15) is 0 Å². The van der Waals surface area contributed by atoms with Gasteiger partial charge in [0.1, 0.15) is 5.82 Å². The van der Waals surface area contributed by atoms with Crippen molar-refractivity contribution in [1.29, 1.82) is 0 Å². The molecule has 0 spiro atoms. The highest BCUT2D eigenvalue weighted by atomic mass is 79.9. The van der Waals surface area contributed by atoms with E-state index in [9.17, 15) is 12.8 Å².